The van der Waals surface area contributed by atoms with Crippen LogP contribution in [0.3, 0.4) is 0 Å². The van der Waals surface area contributed by atoms with Gasteiger partial charge in [0.05, 0.1) is 6.61 Å². The minimum absolute atomic E-state index is 0.154. The molecule has 2 N–H and O–H groups in total. The first-order valence-corrected chi connectivity index (χ1v) is 3.46. The molecule has 1 unspecified atom stereocenters. The zero-order chi connectivity index (χ0) is 8.27. The lowest BCUT2D eigenvalue weighted by atomic mass is 10.2. The van der Waals surface area contributed by atoms with Crippen molar-refractivity contribution in [2.75, 3.05) is 13.2 Å². The molecule has 0 radical (unpaired) electrons. The standard InChI is InChI=1S/C7H11NO3/c1-5(7(9)10)4-6-8-2-3-11-6/h6,8H,1-4H2,(H,9,10). The smallest absolute Gasteiger partial charge is 0.331 e. The molecule has 4 nitrogen and oxygen atoms in total. The summed E-state index contributed by atoms with van der Waals surface area (Å²) in [6, 6.07) is 0. The van der Waals surface area contributed by atoms with Gasteiger partial charge in [-0.15, -0.1) is 0 Å². The topological polar surface area (TPSA) is 58.6 Å². The van der Waals surface area contributed by atoms with Crippen LogP contribution in [-0.2, 0) is 9.53 Å². The summed E-state index contributed by atoms with van der Waals surface area (Å²) in [6.45, 7) is 4.84. The Morgan fingerprint density at radius 2 is 2.55 bits per heavy atom. The Kier molecular flexibility index (Phi) is 2.62. The maximum absolute atomic E-state index is 10.3. The van der Waals surface area contributed by atoms with Gasteiger partial charge in [0, 0.05) is 18.5 Å². The van der Waals surface area contributed by atoms with Crippen molar-refractivity contribution in [2.24, 2.45) is 0 Å². The van der Waals surface area contributed by atoms with E-state index in [9.17, 15) is 4.79 Å². The maximum Gasteiger partial charge on any atom is 0.331 e. The fourth-order valence-corrected chi connectivity index (χ4v) is 0.922. The number of hydrogen-bond donors (Lipinski definition) is 2. The quantitative estimate of drug-likeness (QED) is 0.564. The molecule has 1 aliphatic rings. The SMILES string of the molecule is C=C(CC1NCCO1)C(=O)O. The number of nitrogens with one attached hydrogen (secondary N) is 1. The molecule has 1 aliphatic heterocycles. The molecule has 0 aromatic heterocycles. The van der Waals surface area contributed by atoms with E-state index in [4.69, 9.17) is 9.84 Å². The molecular weight excluding hydrogens is 146 g/mol. The second-order valence-corrected chi connectivity index (χ2v) is 2.43. The Bertz CT molecular complexity index is 173. The second kappa shape index (κ2) is 3.50. The number of rotatable bonds is 3. The summed E-state index contributed by atoms with van der Waals surface area (Å²) >= 11 is 0. The molecule has 0 aliphatic carbocycles. The largest absolute Gasteiger partial charge is 0.478 e. The second-order valence-electron chi connectivity index (χ2n) is 2.43. The Morgan fingerprint density at radius 3 is 3.00 bits per heavy atom. The molecule has 4 heteroatoms. The average Bonchev–Trinajstić information content (AvgIpc) is 2.39. The van der Waals surface area contributed by atoms with Crippen molar-refractivity contribution in [2.45, 2.75) is 12.6 Å². The van der Waals surface area contributed by atoms with Gasteiger partial charge in [0.15, 0.2) is 0 Å². The van der Waals surface area contributed by atoms with Crippen LogP contribution >= 0.6 is 0 Å². The summed E-state index contributed by atoms with van der Waals surface area (Å²) in [4.78, 5) is 10.3. The van der Waals surface area contributed by atoms with Gasteiger partial charge < -0.3 is 9.84 Å². The van der Waals surface area contributed by atoms with E-state index in [2.05, 4.69) is 11.9 Å². The van der Waals surface area contributed by atoms with E-state index < -0.39 is 5.97 Å². The first-order valence-electron chi connectivity index (χ1n) is 3.46. The molecule has 0 saturated carbocycles. The number of hydrogen-bond acceptors (Lipinski definition) is 3. The van der Waals surface area contributed by atoms with E-state index in [1.807, 2.05) is 0 Å². The van der Waals surface area contributed by atoms with E-state index in [1.54, 1.807) is 0 Å². The van der Waals surface area contributed by atoms with Gasteiger partial charge in [-0.2, -0.15) is 0 Å². The van der Waals surface area contributed by atoms with Gasteiger partial charge >= 0.3 is 5.97 Å². The molecular formula is C7H11NO3. The number of carboxylic acid groups (broad SMARTS) is 1. The van der Waals surface area contributed by atoms with Crippen LogP contribution in [0.1, 0.15) is 6.42 Å². The van der Waals surface area contributed by atoms with E-state index in [0.29, 0.717) is 13.0 Å². The van der Waals surface area contributed by atoms with Gasteiger partial charge in [0.2, 0.25) is 0 Å². The summed E-state index contributed by atoms with van der Waals surface area (Å²) in [5, 5.41) is 11.5. The van der Waals surface area contributed by atoms with Crippen molar-refractivity contribution in [3.63, 3.8) is 0 Å². The fraction of sp³-hybridized carbons (Fsp3) is 0.571. The summed E-state index contributed by atoms with van der Waals surface area (Å²) in [5.74, 6) is -0.956. The Morgan fingerprint density at radius 1 is 1.82 bits per heavy atom. The molecule has 0 amide bonds. The molecule has 0 aromatic rings. The van der Waals surface area contributed by atoms with Crippen LogP contribution in [0, 0.1) is 0 Å². The maximum atomic E-state index is 10.3. The summed E-state index contributed by atoms with van der Waals surface area (Å²) in [6.07, 6.45) is 0.202. The molecule has 62 valence electrons. The van der Waals surface area contributed by atoms with Crippen LogP contribution in [0.2, 0.25) is 0 Å². The molecule has 1 heterocycles. The highest BCUT2D eigenvalue weighted by atomic mass is 16.5. The predicted molar refractivity (Wildman–Crippen MR) is 39.1 cm³/mol. The van der Waals surface area contributed by atoms with Gasteiger partial charge in [-0.05, 0) is 0 Å². The normalized spacial score (nSPS) is 23.5. The molecule has 0 bridgehead atoms. The number of carbonyl (C=O) groups is 1. The average molecular weight is 157 g/mol. The molecule has 0 aromatic carbocycles. The minimum Gasteiger partial charge on any atom is -0.478 e. The van der Waals surface area contributed by atoms with Crippen molar-refractivity contribution in [3.05, 3.63) is 12.2 Å². The van der Waals surface area contributed by atoms with Gasteiger partial charge in [-0.25, -0.2) is 4.79 Å². The summed E-state index contributed by atoms with van der Waals surface area (Å²) < 4.78 is 5.14. The number of carboxylic acids is 1. The van der Waals surface area contributed by atoms with E-state index in [-0.39, 0.29) is 11.8 Å². The lowest BCUT2D eigenvalue weighted by molar-refractivity contribution is -0.133. The first kappa shape index (κ1) is 8.23. The van der Waals surface area contributed by atoms with Crippen LogP contribution in [-0.4, -0.2) is 30.5 Å². The molecule has 1 saturated heterocycles. The Labute approximate surface area is 64.9 Å². The van der Waals surface area contributed by atoms with Gasteiger partial charge in [0.25, 0.3) is 0 Å². The van der Waals surface area contributed by atoms with Gasteiger partial charge in [-0.1, -0.05) is 6.58 Å². The highest BCUT2D eigenvalue weighted by molar-refractivity contribution is 5.85. The zero-order valence-electron chi connectivity index (χ0n) is 6.17. The summed E-state index contributed by atoms with van der Waals surface area (Å²) in [7, 11) is 0. The number of ether oxygens (including phenoxy) is 1. The minimum atomic E-state index is -0.956. The van der Waals surface area contributed by atoms with Crippen molar-refractivity contribution in [1.29, 1.82) is 0 Å². The lowest BCUT2D eigenvalue weighted by Crippen LogP contribution is -2.24. The third kappa shape index (κ3) is 2.32. The zero-order valence-corrected chi connectivity index (χ0v) is 6.17. The Balaban J connectivity index is 2.29. The monoisotopic (exact) mass is 157 g/mol. The summed E-state index contributed by atoms with van der Waals surface area (Å²) in [5.41, 5.74) is 0.185. The van der Waals surface area contributed by atoms with Crippen LogP contribution in [0.5, 0.6) is 0 Å². The van der Waals surface area contributed by atoms with E-state index in [0.717, 1.165) is 6.54 Å². The molecule has 1 rings (SSSR count). The molecule has 1 atom stereocenters. The highest BCUT2D eigenvalue weighted by Crippen LogP contribution is 2.07. The molecule has 1 fully saturated rings. The van der Waals surface area contributed by atoms with Crippen LogP contribution in [0.4, 0.5) is 0 Å². The predicted octanol–water partition coefficient (Wildman–Crippen LogP) is -0.0368. The van der Waals surface area contributed by atoms with Gasteiger partial charge in [0.1, 0.15) is 6.23 Å². The third-order valence-electron chi connectivity index (χ3n) is 1.53. The molecule has 11 heavy (non-hydrogen) atoms. The van der Waals surface area contributed by atoms with Crippen LogP contribution in [0.25, 0.3) is 0 Å². The van der Waals surface area contributed by atoms with Crippen molar-refractivity contribution in [1.82, 2.24) is 5.32 Å². The fourth-order valence-electron chi connectivity index (χ4n) is 0.922. The third-order valence-corrected chi connectivity index (χ3v) is 1.53. The van der Waals surface area contributed by atoms with Crippen LogP contribution in [0.15, 0.2) is 12.2 Å². The van der Waals surface area contributed by atoms with Crippen molar-refractivity contribution in [3.8, 4) is 0 Å². The van der Waals surface area contributed by atoms with Crippen molar-refractivity contribution < 1.29 is 14.6 Å². The molecule has 0 spiro atoms. The van der Waals surface area contributed by atoms with Crippen LogP contribution < -0.4 is 5.32 Å². The number of aliphatic carboxylic acids is 1. The first-order chi connectivity index (χ1) is 5.20. The van der Waals surface area contributed by atoms with E-state index in [1.165, 1.54) is 0 Å². The highest BCUT2D eigenvalue weighted by Gasteiger charge is 2.17. The lowest BCUT2D eigenvalue weighted by Gasteiger charge is -2.08. The Hall–Kier alpha value is -0.870. The van der Waals surface area contributed by atoms with Gasteiger partial charge in [-0.3, -0.25) is 5.32 Å². The van der Waals surface area contributed by atoms with E-state index >= 15 is 0 Å². The van der Waals surface area contributed by atoms with Crippen molar-refractivity contribution >= 4 is 5.97 Å².